The van der Waals surface area contributed by atoms with E-state index in [1.54, 1.807) is 41.7 Å². The second kappa shape index (κ2) is 12.5. The van der Waals surface area contributed by atoms with Gasteiger partial charge in [-0.05, 0) is 41.1 Å². The zero-order valence-electron chi connectivity index (χ0n) is 21.9. The lowest BCUT2D eigenvalue weighted by Gasteiger charge is -2.30. The summed E-state index contributed by atoms with van der Waals surface area (Å²) >= 11 is 1.28. The van der Waals surface area contributed by atoms with E-state index in [-0.39, 0.29) is 11.4 Å². The number of carbonyl (C=O) groups is 2. The molecule has 2 aliphatic rings. The molecule has 1 fully saturated rings. The summed E-state index contributed by atoms with van der Waals surface area (Å²) in [5.41, 5.74) is 1.78. The molecule has 0 bridgehead atoms. The Hall–Kier alpha value is -3.66. The predicted molar refractivity (Wildman–Crippen MR) is 148 cm³/mol. The van der Waals surface area contributed by atoms with E-state index in [2.05, 4.69) is 4.90 Å². The number of thiophene rings is 1. The van der Waals surface area contributed by atoms with Crippen LogP contribution in [0.25, 0.3) is 0 Å². The van der Waals surface area contributed by atoms with Gasteiger partial charge >= 0.3 is 0 Å². The first-order valence-corrected chi connectivity index (χ1v) is 13.9. The van der Waals surface area contributed by atoms with Crippen LogP contribution in [0, 0.1) is 0 Å². The number of aliphatic hydroxyl groups is 1. The first kappa shape index (κ1) is 26.9. The Morgan fingerprint density at radius 3 is 2.56 bits per heavy atom. The number of benzene rings is 2. The minimum Gasteiger partial charge on any atom is -0.503 e. The predicted octanol–water partition coefficient (Wildman–Crippen LogP) is 4.64. The van der Waals surface area contributed by atoms with Crippen LogP contribution in [0.1, 0.15) is 33.3 Å². The summed E-state index contributed by atoms with van der Waals surface area (Å²) in [5, 5.41) is 12.8. The van der Waals surface area contributed by atoms with E-state index in [1.807, 2.05) is 36.4 Å². The molecular weight excluding hydrogens is 516 g/mol. The van der Waals surface area contributed by atoms with Gasteiger partial charge in [0.1, 0.15) is 6.61 Å². The zero-order valence-corrected chi connectivity index (χ0v) is 22.7. The van der Waals surface area contributed by atoms with Gasteiger partial charge in [-0.2, -0.15) is 0 Å². The topological polar surface area (TPSA) is 88.5 Å². The van der Waals surface area contributed by atoms with Gasteiger partial charge in [-0.25, -0.2) is 0 Å². The summed E-state index contributed by atoms with van der Waals surface area (Å²) in [5.74, 6) is -0.343. The number of morpholine rings is 1. The van der Waals surface area contributed by atoms with Gasteiger partial charge in [0.15, 0.2) is 17.3 Å². The highest BCUT2D eigenvalue weighted by atomic mass is 32.1. The molecule has 1 N–H and O–H groups in total. The number of rotatable bonds is 11. The van der Waals surface area contributed by atoms with E-state index in [0.717, 1.165) is 25.2 Å². The van der Waals surface area contributed by atoms with Gasteiger partial charge in [-0.1, -0.05) is 42.5 Å². The Kier molecular flexibility index (Phi) is 8.61. The quantitative estimate of drug-likeness (QED) is 0.350. The third kappa shape index (κ3) is 6.00. The number of ketones is 1. The largest absolute Gasteiger partial charge is 0.503 e. The second-order valence-corrected chi connectivity index (χ2v) is 10.4. The van der Waals surface area contributed by atoms with E-state index < -0.39 is 17.7 Å². The molecule has 2 aliphatic heterocycles. The average Bonchev–Trinajstić information content (AvgIpc) is 3.60. The normalized spacial score (nSPS) is 18.0. The molecule has 1 atom stereocenters. The zero-order chi connectivity index (χ0) is 27.2. The molecule has 0 radical (unpaired) electrons. The number of aliphatic hydroxyl groups excluding tert-OH is 1. The first-order chi connectivity index (χ1) is 19.1. The molecule has 1 amide bonds. The summed E-state index contributed by atoms with van der Waals surface area (Å²) < 4.78 is 17.1. The Balaban J connectivity index is 1.42. The maximum absolute atomic E-state index is 13.5. The van der Waals surface area contributed by atoms with E-state index in [4.69, 9.17) is 14.2 Å². The van der Waals surface area contributed by atoms with E-state index in [9.17, 15) is 14.7 Å². The third-order valence-electron chi connectivity index (χ3n) is 7.01. The van der Waals surface area contributed by atoms with Crippen molar-refractivity contribution in [2.24, 2.45) is 0 Å². The number of ether oxygens (including phenoxy) is 3. The van der Waals surface area contributed by atoms with Crippen molar-refractivity contribution in [3.8, 4) is 11.5 Å². The summed E-state index contributed by atoms with van der Waals surface area (Å²) in [4.78, 5) is 31.2. The summed E-state index contributed by atoms with van der Waals surface area (Å²) in [6.45, 7) is 4.66. The molecule has 2 aromatic carbocycles. The number of methoxy groups -OCH3 is 1. The van der Waals surface area contributed by atoms with Crippen LogP contribution >= 0.6 is 11.3 Å². The molecule has 1 saturated heterocycles. The van der Waals surface area contributed by atoms with Crippen molar-refractivity contribution in [1.29, 1.82) is 0 Å². The average molecular weight is 549 g/mol. The minimum absolute atomic E-state index is 0.0915. The van der Waals surface area contributed by atoms with Crippen molar-refractivity contribution in [3.63, 3.8) is 0 Å². The van der Waals surface area contributed by atoms with Gasteiger partial charge in [0.05, 0.1) is 36.8 Å². The second-order valence-electron chi connectivity index (χ2n) is 9.46. The van der Waals surface area contributed by atoms with Crippen LogP contribution in [0.4, 0.5) is 0 Å². The third-order valence-corrected chi connectivity index (χ3v) is 7.88. The van der Waals surface area contributed by atoms with Crippen molar-refractivity contribution in [2.45, 2.75) is 19.1 Å². The van der Waals surface area contributed by atoms with E-state index in [1.165, 1.54) is 11.3 Å². The van der Waals surface area contributed by atoms with Gasteiger partial charge in [-0.3, -0.25) is 14.5 Å². The molecule has 0 spiro atoms. The highest BCUT2D eigenvalue weighted by Gasteiger charge is 2.44. The molecule has 8 nitrogen and oxygen atoms in total. The van der Waals surface area contributed by atoms with Crippen molar-refractivity contribution in [1.82, 2.24) is 9.80 Å². The SMILES string of the molecule is COc1cc(C2C(C(=O)c3cccs3)=C(O)C(=O)N2CCCN2CCOCC2)ccc1OCc1ccccc1. The first-order valence-electron chi connectivity index (χ1n) is 13.0. The van der Waals surface area contributed by atoms with Crippen LogP contribution in [0.2, 0.25) is 0 Å². The monoisotopic (exact) mass is 548 g/mol. The van der Waals surface area contributed by atoms with Crippen molar-refractivity contribution >= 4 is 23.0 Å². The van der Waals surface area contributed by atoms with Crippen LogP contribution in [-0.4, -0.2) is 73.1 Å². The molecular formula is C30H32N2O6S. The van der Waals surface area contributed by atoms with E-state index >= 15 is 0 Å². The van der Waals surface area contributed by atoms with Crippen LogP contribution in [0.3, 0.4) is 0 Å². The van der Waals surface area contributed by atoms with Gasteiger partial charge in [0, 0.05) is 26.2 Å². The molecule has 5 rings (SSSR count). The molecule has 0 aliphatic carbocycles. The number of hydrogen-bond acceptors (Lipinski definition) is 8. The van der Waals surface area contributed by atoms with Crippen LogP contribution in [-0.2, 0) is 16.1 Å². The number of Topliss-reactive ketones (excluding diaryl/α,β-unsaturated/α-hetero) is 1. The molecule has 204 valence electrons. The molecule has 1 aromatic heterocycles. The standard InChI is InChI=1S/C30H32N2O6S/c1-36-24-19-22(10-11-23(24)38-20-21-7-3-2-4-8-21)27-26(28(33)25-9-5-18-39-25)29(34)30(35)32(27)13-6-12-31-14-16-37-17-15-31/h2-5,7-11,18-19,27,34H,6,12-17,20H2,1H3. The maximum Gasteiger partial charge on any atom is 0.290 e. The summed E-state index contributed by atoms with van der Waals surface area (Å²) in [7, 11) is 1.55. The minimum atomic E-state index is -0.742. The lowest BCUT2D eigenvalue weighted by atomic mass is 9.95. The highest BCUT2D eigenvalue weighted by molar-refractivity contribution is 7.12. The Morgan fingerprint density at radius 2 is 1.85 bits per heavy atom. The molecule has 3 aromatic rings. The van der Waals surface area contributed by atoms with Gasteiger partial charge < -0.3 is 24.2 Å². The molecule has 9 heteroatoms. The van der Waals surface area contributed by atoms with Crippen molar-refractivity contribution in [3.05, 3.63) is 93.4 Å². The Bertz CT molecular complexity index is 1320. The van der Waals surface area contributed by atoms with Crippen molar-refractivity contribution < 1.29 is 28.9 Å². The van der Waals surface area contributed by atoms with Crippen molar-refractivity contribution in [2.75, 3.05) is 46.5 Å². The van der Waals surface area contributed by atoms with E-state index in [0.29, 0.717) is 54.7 Å². The molecule has 0 saturated carbocycles. The number of nitrogens with zero attached hydrogens (tertiary/aromatic N) is 2. The highest BCUT2D eigenvalue weighted by Crippen LogP contribution is 2.42. The summed E-state index contributed by atoms with van der Waals surface area (Å²) in [6.07, 6.45) is 0.700. The number of hydrogen-bond donors (Lipinski definition) is 1. The lowest BCUT2D eigenvalue weighted by Crippen LogP contribution is -2.39. The fourth-order valence-corrected chi connectivity index (χ4v) is 5.68. The van der Waals surface area contributed by atoms with Gasteiger partial charge in [0.2, 0.25) is 5.78 Å². The molecule has 3 heterocycles. The molecule has 39 heavy (non-hydrogen) atoms. The number of amides is 1. The fourth-order valence-electron chi connectivity index (χ4n) is 5.00. The van der Waals surface area contributed by atoms with Crippen LogP contribution in [0.15, 0.2) is 77.4 Å². The van der Waals surface area contributed by atoms with Crippen LogP contribution in [0.5, 0.6) is 11.5 Å². The smallest absolute Gasteiger partial charge is 0.290 e. The van der Waals surface area contributed by atoms with Gasteiger partial charge in [-0.15, -0.1) is 11.3 Å². The van der Waals surface area contributed by atoms with Gasteiger partial charge in [0.25, 0.3) is 5.91 Å². The molecule has 1 unspecified atom stereocenters. The summed E-state index contributed by atoms with van der Waals surface area (Å²) in [6, 6.07) is 18.0. The lowest BCUT2D eigenvalue weighted by molar-refractivity contribution is -0.129. The Morgan fingerprint density at radius 1 is 1.05 bits per heavy atom. The number of carbonyl (C=O) groups excluding carboxylic acids is 2. The Labute approximate surface area is 232 Å². The van der Waals surface area contributed by atoms with Crippen LogP contribution < -0.4 is 9.47 Å². The fraction of sp³-hybridized carbons (Fsp3) is 0.333. The maximum atomic E-state index is 13.5.